The van der Waals surface area contributed by atoms with Crippen molar-refractivity contribution in [3.8, 4) is 5.75 Å². The van der Waals surface area contributed by atoms with Crippen LogP contribution in [0.1, 0.15) is 20.7 Å². The van der Waals surface area contributed by atoms with Crippen molar-refractivity contribution in [2.45, 2.75) is 23.9 Å². The number of carbonyl (C=O) groups is 2. The molecular weight excluding hydrogens is 537 g/mol. The molecule has 0 aliphatic heterocycles. The van der Waals surface area contributed by atoms with Crippen LogP contribution in [0.15, 0.2) is 28.4 Å². The van der Waals surface area contributed by atoms with Crippen LogP contribution in [0.5, 0.6) is 5.75 Å². The highest BCUT2D eigenvalue weighted by Gasteiger charge is 2.83. The quantitative estimate of drug-likeness (QED) is 0.337. The SMILES string of the molecule is O=C(O)c1cc(Br)c(OC(F)=C(F)C(F)(F)C(F)(F)C(F)(F)C(F)(F)F)cc1C(=O)O. The summed E-state index contributed by atoms with van der Waals surface area (Å²) in [5.74, 6) is -31.6. The van der Waals surface area contributed by atoms with Gasteiger partial charge < -0.3 is 14.9 Å². The average molecular weight is 541 g/mol. The maximum Gasteiger partial charge on any atom is 0.460 e. The predicted molar refractivity (Wildman–Crippen MR) is 78.8 cm³/mol. The topological polar surface area (TPSA) is 83.8 Å². The smallest absolute Gasteiger partial charge is 0.460 e. The fourth-order valence-electron chi connectivity index (χ4n) is 1.76. The van der Waals surface area contributed by atoms with E-state index in [1.165, 1.54) is 0 Å². The van der Waals surface area contributed by atoms with Crippen molar-refractivity contribution in [1.82, 2.24) is 0 Å². The van der Waals surface area contributed by atoms with Crippen LogP contribution in [0.4, 0.5) is 48.3 Å². The third-order valence-corrected chi connectivity index (χ3v) is 3.95. The first kappa shape index (κ1) is 26.4. The molecule has 31 heavy (non-hydrogen) atoms. The average Bonchev–Trinajstić information content (AvgIpc) is 2.60. The number of ether oxygens (including phenoxy) is 1. The fraction of sp³-hybridized carbons (Fsp3) is 0.286. The molecule has 0 unspecified atom stereocenters. The van der Waals surface area contributed by atoms with Gasteiger partial charge in [-0.1, -0.05) is 0 Å². The molecular formula is C14H4BrF11O5. The standard InChI is InChI=1S/C14H4BrF11O5/c15-5-1-3(9(27)28)4(10(29)30)2-6(5)31-8(17)7(16)11(18,19)12(20,21)13(22,23)14(24,25)26/h1-2H,(H,27,28)(H,29,30). The summed E-state index contributed by atoms with van der Waals surface area (Å²) in [7, 11) is 0. The lowest BCUT2D eigenvalue weighted by molar-refractivity contribution is -0.392. The lowest BCUT2D eigenvalue weighted by Gasteiger charge is -2.32. The van der Waals surface area contributed by atoms with Crippen LogP contribution in [0.2, 0.25) is 0 Å². The Kier molecular flexibility index (Phi) is 6.96. The van der Waals surface area contributed by atoms with E-state index in [1.54, 1.807) is 0 Å². The summed E-state index contributed by atoms with van der Waals surface area (Å²) >= 11 is 2.43. The molecule has 0 saturated carbocycles. The van der Waals surface area contributed by atoms with Gasteiger partial charge in [0.1, 0.15) is 5.75 Å². The van der Waals surface area contributed by atoms with Gasteiger partial charge >= 0.3 is 41.9 Å². The molecule has 1 aromatic carbocycles. The molecule has 0 aliphatic rings. The van der Waals surface area contributed by atoms with E-state index in [9.17, 15) is 57.9 Å². The first-order valence-corrected chi connectivity index (χ1v) is 7.73. The molecule has 0 atom stereocenters. The van der Waals surface area contributed by atoms with E-state index in [1.807, 2.05) is 0 Å². The Bertz CT molecular complexity index is 939. The summed E-state index contributed by atoms with van der Waals surface area (Å²) in [4.78, 5) is 21.9. The summed E-state index contributed by atoms with van der Waals surface area (Å²) in [6, 6.07) is -2.98. The van der Waals surface area contributed by atoms with E-state index in [-0.39, 0.29) is 6.07 Å². The number of carboxylic acids is 2. The number of aromatic carboxylic acids is 2. The van der Waals surface area contributed by atoms with Crippen LogP contribution in [0, 0.1) is 0 Å². The highest BCUT2D eigenvalue weighted by atomic mass is 79.9. The van der Waals surface area contributed by atoms with Crippen LogP contribution in [-0.2, 0) is 0 Å². The Morgan fingerprint density at radius 2 is 1.23 bits per heavy atom. The second-order valence-electron chi connectivity index (χ2n) is 5.35. The number of alkyl halides is 9. The van der Waals surface area contributed by atoms with E-state index < -0.39 is 69.1 Å². The second kappa shape index (κ2) is 8.16. The van der Waals surface area contributed by atoms with E-state index in [0.717, 1.165) is 0 Å². The van der Waals surface area contributed by atoms with Gasteiger partial charge in [0.15, 0.2) is 0 Å². The van der Waals surface area contributed by atoms with Crippen LogP contribution in [-0.4, -0.2) is 46.1 Å². The van der Waals surface area contributed by atoms with Crippen LogP contribution in [0.25, 0.3) is 0 Å². The summed E-state index contributed by atoms with van der Waals surface area (Å²) in [5, 5.41) is 17.7. The van der Waals surface area contributed by atoms with E-state index >= 15 is 0 Å². The lowest BCUT2D eigenvalue weighted by Crippen LogP contribution is -2.61. The number of benzene rings is 1. The molecule has 0 bridgehead atoms. The highest BCUT2D eigenvalue weighted by molar-refractivity contribution is 9.10. The Hall–Kier alpha value is -2.59. The summed E-state index contributed by atoms with van der Waals surface area (Å²) in [6.07, 6.45) is -7.29. The van der Waals surface area contributed by atoms with Crippen molar-refractivity contribution in [3.05, 3.63) is 39.6 Å². The van der Waals surface area contributed by atoms with Gasteiger partial charge in [-0.3, -0.25) is 0 Å². The minimum absolute atomic E-state index is 0.0866. The van der Waals surface area contributed by atoms with Crippen LogP contribution in [0.3, 0.4) is 0 Å². The molecule has 5 nitrogen and oxygen atoms in total. The Morgan fingerprint density at radius 3 is 1.61 bits per heavy atom. The van der Waals surface area contributed by atoms with E-state index in [4.69, 9.17) is 10.2 Å². The van der Waals surface area contributed by atoms with Gasteiger partial charge in [-0.15, -0.1) is 0 Å². The number of hydrogen-bond donors (Lipinski definition) is 2. The number of hydrogen-bond acceptors (Lipinski definition) is 3. The van der Waals surface area contributed by atoms with E-state index in [0.29, 0.717) is 6.07 Å². The van der Waals surface area contributed by atoms with Gasteiger partial charge in [0.2, 0.25) is 5.83 Å². The zero-order chi connectivity index (χ0) is 24.7. The molecule has 174 valence electrons. The number of allylic oxidation sites excluding steroid dienone is 1. The van der Waals surface area contributed by atoms with Crippen molar-refractivity contribution in [1.29, 1.82) is 0 Å². The molecule has 0 heterocycles. The van der Waals surface area contributed by atoms with Gasteiger partial charge in [0, 0.05) is 0 Å². The molecule has 2 N–H and O–H groups in total. The monoisotopic (exact) mass is 540 g/mol. The first-order valence-electron chi connectivity index (χ1n) is 6.94. The molecule has 0 radical (unpaired) electrons. The van der Waals surface area contributed by atoms with Crippen molar-refractivity contribution in [2.24, 2.45) is 0 Å². The van der Waals surface area contributed by atoms with Gasteiger partial charge in [-0.05, 0) is 28.1 Å². The second-order valence-corrected chi connectivity index (χ2v) is 6.20. The third kappa shape index (κ3) is 4.54. The number of halogens is 12. The van der Waals surface area contributed by atoms with Crippen molar-refractivity contribution >= 4 is 27.9 Å². The van der Waals surface area contributed by atoms with Crippen LogP contribution < -0.4 is 4.74 Å². The van der Waals surface area contributed by atoms with Crippen LogP contribution >= 0.6 is 15.9 Å². The lowest BCUT2D eigenvalue weighted by atomic mass is 10.0. The molecule has 0 aromatic heterocycles. The fourth-order valence-corrected chi connectivity index (χ4v) is 2.19. The minimum atomic E-state index is -7.53. The highest BCUT2D eigenvalue weighted by Crippen LogP contribution is 2.55. The first-order chi connectivity index (χ1) is 13.7. The maximum absolute atomic E-state index is 13.6. The normalized spacial score (nSPS) is 14.2. The minimum Gasteiger partial charge on any atom is -0.478 e. The van der Waals surface area contributed by atoms with E-state index in [2.05, 4.69) is 20.7 Å². The Labute approximate surface area is 170 Å². The molecule has 0 fully saturated rings. The number of rotatable bonds is 7. The molecule has 1 aromatic rings. The van der Waals surface area contributed by atoms with Gasteiger partial charge in [-0.2, -0.15) is 48.3 Å². The number of carboxylic acid groups (broad SMARTS) is 2. The summed E-state index contributed by atoms with van der Waals surface area (Å²) in [6.45, 7) is 0. The summed E-state index contributed by atoms with van der Waals surface area (Å²) in [5.41, 5.74) is -2.21. The zero-order valence-corrected chi connectivity index (χ0v) is 15.4. The Morgan fingerprint density at radius 1 is 0.806 bits per heavy atom. The molecule has 0 saturated heterocycles. The molecule has 17 heteroatoms. The molecule has 1 rings (SSSR count). The van der Waals surface area contributed by atoms with Gasteiger partial charge in [-0.25, -0.2) is 9.59 Å². The summed E-state index contributed by atoms with van der Waals surface area (Å²) < 4.78 is 145. The van der Waals surface area contributed by atoms with Gasteiger partial charge in [0.05, 0.1) is 15.6 Å². The maximum atomic E-state index is 13.6. The van der Waals surface area contributed by atoms with Crippen molar-refractivity contribution in [3.63, 3.8) is 0 Å². The molecule has 0 aliphatic carbocycles. The zero-order valence-electron chi connectivity index (χ0n) is 13.8. The van der Waals surface area contributed by atoms with Crippen molar-refractivity contribution < 1.29 is 72.8 Å². The largest absolute Gasteiger partial charge is 0.478 e. The third-order valence-electron chi connectivity index (χ3n) is 3.33. The van der Waals surface area contributed by atoms with Crippen molar-refractivity contribution in [2.75, 3.05) is 0 Å². The molecule has 0 amide bonds. The van der Waals surface area contributed by atoms with Gasteiger partial charge in [0.25, 0.3) is 0 Å². The molecule has 0 spiro atoms. The Balaban J connectivity index is 3.53. The predicted octanol–water partition coefficient (Wildman–Crippen LogP) is 5.80.